The van der Waals surface area contributed by atoms with Gasteiger partial charge in [-0.15, -0.1) is 0 Å². The molecule has 1 amide bonds. The average molecular weight is 377 g/mol. The second-order valence-corrected chi connectivity index (χ2v) is 6.32. The molecule has 0 aliphatic carbocycles. The molecule has 2 aromatic carbocycles. The summed E-state index contributed by atoms with van der Waals surface area (Å²) >= 11 is 2.25. The van der Waals surface area contributed by atoms with Crippen LogP contribution in [0.1, 0.15) is 34.8 Å². The summed E-state index contributed by atoms with van der Waals surface area (Å²) in [5.41, 5.74) is 2.03. The van der Waals surface area contributed by atoms with Crippen molar-refractivity contribution in [3.63, 3.8) is 0 Å². The fourth-order valence-electron chi connectivity index (χ4n) is 2.82. The lowest BCUT2D eigenvalue weighted by Gasteiger charge is -2.25. The van der Waals surface area contributed by atoms with Crippen LogP contribution in [0.2, 0.25) is 0 Å². The van der Waals surface area contributed by atoms with E-state index in [4.69, 9.17) is 0 Å². The highest BCUT2D eigenvalue weighted by molar-refractivity contribution is 14.1. The first-order valence-corrected chi connectivity index (χ1v) is 7.95. The standard InChI is InChI=1S/C17H16INO/c18-15-9-4-8-14(12-15)17(20)19-11-5-10-16(19)13-6-2-1-3-7-13/h1-4,6-9,12,16H,5,10-11H2. The SMILES string of the molecule is O=C(c1cccc(I)c1)N1CCCC1c1ccccc1. The highest BCUT2D eigenvalue weighted by Gasteiger charge is 2.30. The van der Waals surface area contributed by atoms with E-state index in [2.05, 4.69) is 34.7 Å². The predicted molar refractivity (Wildman–Crippen MR) is 88.6 cm³/mol. The van der Waals surface area contributed by atoms with Crippen LogP contribution in [0.3, 0.4) is 0 Å². The Labute approximate surface area is 132 Å². The number of halogens is 1. The maximum atomic E-state index is 12.7. The lowest BCUT2D eigenvalue weighted by atomic mass is 10.0. The van der Waals surface area contributed by atoms with Gasteiger partial charge >= 0.3 is 0 Å². The summed E-state index contributed by atoms with van der Waals surface area (Å²) in [4.78, 5) is 14.7. The third-order valence-corrected chi connectivity index (χ3v) is 4.44. The molecule has 0 radical (unpaired) electrons. The van der Waals surface area contributed by atoms with Crippen molar-refractivity contribution in [2.45, 2.75) is 18.9 Å². The van der Waals surface area contributed by atoms with E-state index < -0.39 is 0 Å². The zero-order chi connectivity index (χ0) is 13.9. The topological polar surface area (TPSA) is 20.3 Å². The molecule has 0 aromatic heterocycles. The van der Waals surface area contributed by atoms with Crippen LogP contribution in [0.4, 0.5) is 0 Å². The van der Waals surface area contributed by atoms with E-state index in [-0.39, 0.29) is 11.9 Å². The van der Waals surface area contributed by atoms with Gasteiger partial charge in [0.25, 0.3) is 5.91 Å². The molecule has 2 aromatic rings. The molecule has 1 atom stereocenters. The maximum Gasteiger partial charge on any atom is 0.254 e. The maximum absolute atomic E-state index is 12.7. The first-order chi connectivity index (χ1) is 9.75. The Hall–Kier alpha value is -1.36. The van der Waals surface area contributed by atoms with Crippen molar-refractivity contribution in [2.75, 3.05) is 6.54 Å². The molecule has 102 valence electrons. The van der Waals surface area contributed by atoms with Crippen molar-refractivity contribution < 1.29 is 4.79 Å². The number of likely N-dealkylation sites (tertiary alicyclic amines) is 1. The molecule has 1 saturated heterocycles. The van der Waals surface area contributed by atoms with Gasteiger partial charge in [0.15, 0.2) is 0 Å². The molecule has 20 heavy (non-hydrogen) atoms. The lowest BCUT2D eigenvalue weighted by Crippen LogP contribution is -2.30. The second kappa shape index (κ2) is 5.95. The number of amides is 1. The second-order valence-electron chi connectivity index (χ2n) is 5.08. The minimum atomic E-state index is 0.148. The Morgan fingerprint density at radius 3 is 2.65 bits per heavy atom. The summed E-state index contributed by atoms with van der Waals surface area (Å²) in [6, 6.07) is 18.4. The summed E-state index contributed by atoms with van der Waals surface area (Å²) < 4.78 is 1.10. The third kappa shape index (κ3) is 2.73. The molecule has 1 aliphatic heterocycles. The molecule has 3 heteroatoms. The molecule has 0 spiro atoms. The van der Waals surface area contributed by atoms with Gasteiger partial charge in [-0.1, -0.05) is 36.4 Å². The average Bonchev–Trinajstić information content (AvgIpc) is 2.97. The van der Waals surface area contributed by atoms with Gasteiger partial charge in [0.05, 0.1) is 6.04 Å². The monoisotopic (exact) mass is 377 g/mol. The number of rotatable bonds is 2. The Morgan fingerprint density at radius 1 is 1.10 bits per heavy atom. The molecular weight excluding hydrogens is 361 g/mol. The first kappa shape index (κ1) is 13.6. The zero-order valence-electron chi connectivity index (χ0n) is 11.1. The largest absolute Gasteiger partial charge is 0.332 e. The van der Waals surface area contributed by atoms with Crippen LogP contribution < -0.4 is 0 Å². The summed E-state index contributed by atoms with van der Waals surface area (Å²) in [6.07, 6.45) is 2.13. The minimum absolute atomic E-state index is 0.148. The van der Waals surface area contributed by atoms with E-state index in [1.165, 1.54) is 5.56 Å². The fourth-order valence-corrected chi connectivity index (χ4v) is 3.36. The molecule has 1 heterocycles. The van der Waals surface area contributed by atoms with Crippen LogP contribution in [-0.2, 0) is 0 Å². The third-order valence-electron chi connectivity index (χ3n) is 3.77. The lowest BCUT2D eigenvalue weighted by molar-refractivity contribution is 0.0735. The van der Waals surface area contributed by atoms with Crippen molar-refractivity contribution in [2.24, 2.45) is 0 Å². The molecule has 1 aliphatic rings. The van der Waals surface area contributed by atoms with Crippen molar-refractivity contribution in [3.05, 3.63) is 69.3 Å². The fraction of sp³-hybridized carbons (Fsp3) is 0.235. The normalized spacial score (nSPS) is 18.2. The van der Waals surface area contributed by atoms with Crippen LogP contribution in [-0.4, -0.2) is 17.4 Å². The summed E-state index contributed by atoms with van der Waals surface area (Å²) in [7, 11) is 0. The Kier molecular flexibility index (Phi) is 4.05. The van der Waals surface area contributed by atoms with E-state index >= 15 is 0 Å². The molecule has 0 saturated carbocycles. The Bertz CT molecular complexity index is 611. The Balaban J connectivity index is 1.87. The molecule has 3 rings (SSSR count). The molecule has 0 bridgehead atoms. The van der Waals surface area contributed by atoms with Crippen LogP contribution in [0.25, 0.3) is 0 Å². The van der Waals surface area contributed by atoms with Crippen molar-refractivity contribution in [1.82, 2.24) is 4.90 Å². The summed E-state index contributed by atoms with van der Waals surface area (Å²) in [6.45, 7) is 0.851. The first-order valence-electron chi connectivity index (χ1n) is 6.87. The molecule has 1 fully saturated rings. The highest BCUT2D eigenvalue weighted by Crippen LogP contribution is 2.33. The number of hydrogen-bond donors (Lipinski definition) is 0. The van der Waals surface area contributed by atoms with Crippen LogP contribution in [0.15, 0.2) is 54.6 Å². The van der Waals surface area contributed by atoms with Gasteiger partial charge in [0.2, 0.25) is 0 Å². The van der Waals surface area contributed by atoms with Gasteiger partial charge in [-0.3, -0.25) is 4.79 Å². The summed E-state index contributed by atoms with van der Waals surface area (Å²) in [5, 5.41) is 0. The number of hydrogen-bond acceptors (Lipinski definition) is 1. The van der Waals surface area contributed by atoms with Gasteiger partial charge in [-0.05, 0) is 59.2 Å². The van der Waals surface area contributed by atoms with Gasteiger partial charge in [0.1, 0.15) is 0 Å². The smallest absolute Gasteiger partial charge is 0.254 e. The van der Waals surface area contributed by atoms with Crippen LogP contribution in [0, 0.1) is 3.57 Å². The van der Waals surface area contributed by atoms with Crippen LogP contribution >= 0.6 is 22.6 Å². The summed E-state index contributed by atoms with van der Waals surface area (Å²) in [5.74, 6) is 0.148. The number of benzene rings is 2. The van der Waals surface area contributed by atoms with E-state index in [0.29, 0.717) is 0 Å². The Morgan fingerprint density at radius 2 is 1.90 bits per heavy atom. The quantitative estimate of drug-likeness (QED) is 0.716. The number of nitrogens with zero attached hydrogens (tertiary/aromatic N) is 1. The van der Waals surface area contributed by atoms with E-state index in [9.17, 15) is 4.79 Å². The number of carbonyl (C=O) groups is 1. The highest BCUT2D eigenvalue weighted by atomic mass is 127. The van der Waals surface area contributed by atoms with Gasteiger partial charge < -0.3 is 4.90 Å². The van der Waals surface area contributed by atoms with Crippen molar-refractivity contribution in [3.8, 4) is 0 Å². The predicted octanol–water partition coefficient (Wildman–Crippen LogP) is 4.27. The molecule has 0 N–H and O–H groups in total. The molecule has 2 nitrogen and oxygen atoms in total. The number of carbonyl (C=O) groups excluding carboxylic acids is 1. The van der Waals surface area contributed by atoms with Crippen LogP contribution in [0.5, 0.6) is 0 Å². The van der Waals surface area contributed by atoms with Crippen molar-refractivity contribution in [1.29, 1.82) is 0 Å². The van der Waals surface area contributed by atoms with Gasteiger partial charge in [-0.2, -0.15) is 0 Å². The molecule has 1 unspecified atom stereocenters. The van der Waals surface area contributed by atoms with Gasteiger partial charge in [-0.25, -0.2) is 0 Å². The molecular formula is C17H16INO. The van der Waals surface area contributed by atoms with Gasteiger partial charge in [0, 0.05) is 15.7 Å². The minimum Gasteiger partial charge on any atom is -0.332 e. The van der Waals surface area contributed by atoms with E-state index in [1.807, 2.05) is 47.4 Å². The van der Waals surface area contributed by atoms with E-state index in [0.717, 1.165) is 28.5 Å². The van der Waals surface area contributed by atoms with E-state index in [1.54, 1.807) is 0 Å². The van der Waals surface area contributed by atoms with Crippen molar-refractivity contribution >= 4 is 28.5 Å². The zero-order valence-corrected chi connectivity index (χ0v) is 13.3.